The van der Waals surface area contributed by atoms with Crippen LogP contribution in [0.1, 0.15) is 11.1 Å². The fraction of sp³-hybridized carbons (Fsp3) is 0.143. The molecule has 13 heteroatoms. The average Bonchev–Trinajstić information content (AvgIpc) is 2.78. The van der Waals surface area contributed by atoms with Crippen LogP contribution in [0.5, 0.6) is 11.5 Å². The number of benzene rings is 2. The smallest absolute Gasteiger partial charge is 0.484 e. The summed E-state index contributed by atoms with van der Waals surface area (Å²) in [5.41, 5.74) is 3.72. The first-order valence-corrected chi connectivity index (χ1v) is 9.60. The quantitative estimate of drug-likeness (QED) is 0.277. The van der Waals surface area contributed by atoms with Gasteiger partial charge in [-0.25, -0.2) is 9.59 Å². The number of carbonyl (C=O) groups excluding carboxylic acids is 1. The highest BCUT2D eigenvalue weighted by molar-refractivity contribution is 5.75. The number of nitrogens with two attached hydrogens (primary N) is 1. The number of carboxylic acid groups (broad SMARTS) is 1. The van der Waals surface area contributed by atoms with Gasteiger partial charge in [0.05, 0.1) is 23.4 Å². The zero-order valence-corrected chi connectivity index (χ0v) is 17.7. The molecule has 13 nitrogen and oxygen atoms in total. The lowest BCUT2D eigenvalue weighted by Crippen LogP contribution is -2.40. The molecule has 2 aromatic carbocycles. The van der Waals surface area contributed by atoms with Crippen molar-refractivity contribution in [2.75, 3.05) is 6.61 Å². The van der Waals surface area contributed by atoms with Crippen LogP contribution in [0.4, 0.5) is 10.5 Å². The highest BCUT2D eigenvalue weighted by Crippen LogP contribution is 2.22. The van der Waals surface area contributed by atoms with Crippen LogP contribution in [-0.4, -0.2) is 37.8 Å². The van der Waals surface area contributed by atoms with E-state index in [1.165, 1.54) is 49.4 Å². The first-order valence-electron chi connectivity index (χ1n) is 9.60. The van der Waals surface area contributed by atoms with Gasteiger partial charge >= 0.3 is 11.8 Å². The van der Waals surface area contributed by atoms with Crippen molar-refractivity contribution in [3.8, 4) is 17.2 Å². The third-order valence-corrected chi connectivity index (χ3v) is 4.78. The predicted octanol–water partition coefficient (Wildman–Crippen LogP) is 1.19. The number of amides is 1. The Bertz CT molecular complexity index is 1390. The second kappa shape index (κ2) is 9.68. The second-order valence-electron chi connectivity index (χ2n) is 6.97. The minimum absolute atomic E-state index is 0.199. The highest BCUT2D eigenvalue weighted by atomic mass is 16.7. The maximum atomic E-state index is 13.2. The van der Waals surface area contributed by atoms with E-state index in [9.17, 15) is 29.3 Å². The molecule has 3 rings (SSSR count). The van der Waals surface area contributed by atoms with Crippen molar-refractivity contribution in [1.29, 1.82) is 0 Å². The Hall–Kier alpha value is -4.94. The van der Waals surface area contributed by atoms with Gasteiger partial charge in [0.2, 0.25) is 5.75 Å². The standard InChI is InChI=1S/C21H18N4O9/c1-12-13(3-2-4-16(12)25(31)32)9-24-19(27)17(34-21(29)30)10-23(20(24)28)14-5-7-15(8-6-14)33-11-18(22)26/h2-8,10H,9,11H2,1H3,(H2,22,26)(H,29,30). The maximum Gasteiger partial charge on any atom is 0.511 e. The molecule has 0 saturated carbocycles. The van der Waals surface area contributed by atoms with Crippen LogP contribution in [0.15, 0.2) is 58.3 Å². The lowest BCUT2D eigenvalue weighted by Gasteiger charge is -2.14. The number of hydrogen-bond donors (Lipinski definition) is 2. The molecule has 34 heavy (non-hydrogen) atoms. The van der Waals surface area contributed by atoms with Gasteiger partial charge < -0.3 is 20.3 Å². The maximum absolute atomic E-state index is 13.2. The molecule has 0 atom stereocenters. The van der Waals surface area contributed by atoms with Gasteiger partial charge in [-0.2, -0.15) is 0 Å². The zero-order chi connectivity index (χ0) is 25.0. The number of aromatic nitrogens is 2. The molecule has 0 unspecified atom stereocenters. The lowest BCUT2D eigenvalue weighted by molar-refractivity contribution is -0.385. The van der Waals surface area contributed by atoms with E-state index in [-0.39, 0.29) is 35.8 Å². The van der Waals surface area contributed by atoms with Crippen molar-refractivity contribution in [3.63, 3.8) is 0 Å². The van der Waals surface area contributed by atoms with Crippen molar-refractivity contribution >= 4 is 17.7 Å². The van der Waals surface area contributed by atoms with Gasteiger partial charge in [0.25, 0.3) is 17.2 Å². The van der Waals surface area contributed by atoms with E-state index >= 15 is 0 Å². The Morgan fingerprint density at radius 2 is 1.82 bits per heavy atom. The first-order chi connectivity index (χ1) is 16.1. The number of rotatable bonds is 8. The van der Waals surface area contributed by atoms with Gasteiger partial charge in [-0.1, -0.05) is 12.1 Å². The zero-order valence-electron chi connectivity index (χ0n) is 17.7. The Morgan fingerprint density at radius 3 is 2.41 bits per heavy atom. The number of carbonyl (C=O) groups is 2. The van der Waals surface area contributed by atoms with Crippen molar-refractivity contribution in [3.05, 3.63) is 90.7 Å². The largest absolute Gasteiger partial charge is 0.511 e. The molecule has 3 aromatic rings. The van der Waals surface area contributed by atoms with Gasteiger partial charge in [0, 0.05) is 11.6 Å². The summed E-state index contributed by atoms with van der Waals surface area (Å²) in [6.45, 7) is 0.741. The van der Waals surface area contributed by atoms with Crippen LogP contribution in [0.2, 0.25) is 0 Å². The molecule has 0 saturated heterocycles. The van der Waals surface area contributed by atoms with Crippen LogP contribution < -0.4 is 26.5 Å². The minimum atomic E-state index is -1.77. The SMILES string of the molecule is Cc1c(Cn2c(=O)c(OC(=O)O)cn(-c3ccc(OCC(N)=O)cc3)c2=O)cccc1[N+](=O)[O-]. The van der Waals surface area contributed by atoms with Crippen molar-refractivity contribution in [2.45, 2.75) is 13.5 Å². The molecule has 3 N–H and O–H groups in total. The Labute approximate surface area is 190 Å². The predicted molar refractivity (Wildman–Crippen MR) is 117 cm³/mol. The van der Waals surface area contributed by atoms with E-state index in [0.29, 0.717) is 10.1 Å². The fourth-order valence-corrected chi connectivity index (χ4v) is 3.13. The third-order valence-electron chi connectivity index (χ3n) is 4.78. The summed E-state index contributed by atoms with van der Waals surface area (Å²) in [5, 5.41) is 20.2. The van der Waals surface area contributed by atoms with Crippen LogP contribution in [-0.2, 0) is 11.3 Å². The summed E-state index contributed by atoms with van der Waals surface area (Å²) < 4.78 is 11.4. The highest BCUT2D eigenvalue weighted by Gasteiger charge is 2.19. The molecule has 0 spiro atoms. The second-order valence-corrected chi connectivity index (χ2v) is 6.97. The van der Waals surface area contributed by atoms with E-state index < -0.39 is 34.0 Å². The Balaban J connectivity index is 2.12. The topological polar surface area (TPSA) is 186 Å². The van der Waals surface area contributed by atoms with E-state index in [1.807, 2.05) is 0 Å². The van der Waals surface area contributed by atoms with Crippen LogP contribution in [0, 0.1) is 17.0 Å². The molecule has 0 radical (unpaired) electrons. The fourth-order valence-electron chi connectivity index (χ4n) is 3.13. The Morgan fingerprint density at radius 1 is 1.15 bits per heavy atom. The molecule has 1 amide bonds. The molecular formula is C21H18N4O9. The Kier molecular flexibility index (Phi) is 6.76. The molecular weight excluding hydrogens is 452 g/mol. The summed E-state index contributed by atoms with van der Waals surface area (Å²) in [4.78, 5) is 58.5. The average molecular weight is 470 g/mol. The summed E-state index contributed by atoms with van der Waals surface area (Å²) in [6.07, 6.45) is -0.843. The number of primary amides is 1. The van der Waals surface area contributed by atoms with Crippen molar-refractivity contribution in [2.24, 2.45) is 5.73 Å². The van der Waals surface area contributed by atoms with Gasteiger partial charge in [-0.15, -0.1) is 0 Å². The summed E-state index contributed by atoms with van der Waals surface area (Å²) in [6, 6.07) is 9.92. The first kappa shape index (κ1) is 23.7. The molecule has 0 bridgehead atoms. The summed E-state index contributed by atoms with van der Waals surface area (Å²) in [5.74, 6) is -1.05. The van der Waals surface area contributed by atoms with E-state index in [4.69, 9.17) is 15.6 Å². The van der Waals surface area contributed by atoms with Crippen LogP contribution >= 0.6 is 0 Å². The number of nitro groups is 1. The third kappa shape index (κ3) is 5.09. The molecule has 1 aromatic heterocycles. The van der Waals surface area contributed by atoms with Crippen molar-refractivity contribution in [1.82, 2.24) is 9.13 Å². The summed E-state index contributed by atoms with van der Waals surface area (Å²) in [7, 11) is 0. The van der Waals surface area contributed by atoms with Crippen LogP contribution in [0.3, 0.4) is 0 Å². The number of ether oxygens (including phenoxy) is 2. The van der Waals surface area contributed by atoms with E-state index in [0.717, 1.165) is 10.8 Å². The normalized spacial score (nSPS) is 10.5. The summed E-state index contributed by atoms with van der Waals surface area (Å²) >= 11 is 0. The van der Waals surface area contributed by atoms with Crippen LogP contribution in [0.25, 0.3) is 5.69 Å². The monoisotopic (exact) mass is 470 g/mol. The number of nitro benzene ring substituents is 1. The molecule has 0 aliphatic carbocycles. The number of nitrogens with zero attached hydrogens (tertiary/aromatic N) is 3. The number of hydrogen-bond acceptors (Lipinski definition) is 8. The van der Waals surface area contributed by atoms with Gasteiger partial charge in [0.15, 0.2) is 6.61 Å². The van der Waals surface area contributed by atoms with E-state index in [1.54, 1.807) is 0 Å². The minimum Gasteiger partial charge on any atom is -0.484 e. The van der Waals surface area contributed by atoms with Crippen molar-refractivity contribution < 1.29 is 29.1 Å². The molecule has 176 valence electrons. The molecule has 0 aliphatic heterocycles. The molecule has 0 fully saturated rings. The molecule has 1 heterocycles. The molecule has 0 aliphatic rings. The lowest BCUT2D eigenvalue weighted by atomic mass is 10.1. The van der Waals surface area contributed by atoms with Gasteiger partial charge in [-0.05, 0) is 36.8 Å². The van der Waals surface area contributed by atoms with Gasteiger partial charge in [0.1, 0.15) is 5.75 Å². The van der Waals surface area contributed by atoms with E-state index in [2.05, 4.69) is 4.74 Å². The van der Waals surface area contributed by atoms with Gasteiger partial charge in [-0.3, -0.25) is 28.8 Å².